The quantitative estimate of drug-likeness (QED) is 0.145. The molecule has 7 heterocycles. The summed E-state index contributed by atoms with van der Waals surface area (Å²) in [6.45, 7) is 3.49. The second-order valence-corrected chi connectivity index (χ2v) is 18.1. The monoisotopic (exact) mass is 858 g/mol. The number of hydrogen-bond donors (Lipinski definition) is 3. The largest absolute Gasteiger partial charge is 0.507 e. The number of aromatic nitrogens is 4. The van der Waals surface area contributed by atoms with Crippen molar-refractivity contribution in [2.45, 2.75) is 81.1 Å². The van der Waals surface area contributed by atoms with Gasteiger partial charge in [-0.05, 0) is 85.5 Å². The molecule has 0 radical (unpaired) electrons. The third-order valence-electron chi connectivity index (χ3n) is 13.8. The fourth-order valence-corrected chi connectivity index (χ4v) is 10.1. The molecule has 3 aromatic heterocycles. The highest BCUT2D eigenvalue weighted by molar-refractivity contribution is 6.06. The van der Waals surface area contributed by atoms with E-state index in [9.17, 15) is 19.5 Å². The minimum absolute atomic E-state index is 0.0618. The molecule has 4 amide bonds. The van der Waals surface area contributed by atoms with Crippen LogP contribution in [0.5, 0.6) is 5.75 Å². The molecule has 10 rings (SSSR count). The molecule has 1 saturated carbocycles. The Kier molecular flexibility index (Phi) is 10.7. The van der Waals surface area contributed by atoms with Crippen molar-refractivity contribution in [3.8, 4) is 17.0 Å². The number of nitrogen functional groups attached to an aromatic ring is 1. The Bertz CT molecular complexity index is 2550. The average Bonchev–Trinajstić information content (AvgIpc) is 4.06. The molecule has 16 heteroatoms. The van der Waals surface area contributed by atoms with Crippen LogP contribution in [0.2, 0.25) is 0 Å². The molecule has 2 atom stereocenters. The van der Waals surface area contributed by atoms with Crippen LogP contribution in [0.4, 0.5) is 30.8 Å². The van der Waals surface area contributed by atoms with E-state index in [1.54, 1.807) is 58.5 Å². The predicted octanol–water partition coefficient (Wildman–Crippen LogP) is 6.72. The van der Waals surface area contributed by atoms with Gasteiger partial charge in [-0.2, -0.15) is 0 Å². The van der Waals surface area contributed by atoms with Gasteiger partial charge in [-0.15, -0.1) is 10.2 Å². The Hall–Kier alpha value is -6.16. The second kappa shape index (κ2) is 16.5. The molecule has 63 heavy (non-hydrogen) atoms. The number of fused-ring (bicyclic) bond motifs is 1. The van der Waals surface area contributed by atoms with Crippen molar-refractivity contribution >= 4 is 46.1 Å². The van der Waals surface area contributed by atoms with Crippen LogP contribution in [0.1, 0.15) is 90.7 Å². The highest BCUT2D eigenvalue weighted by Crippen LogP contribution is 2.46. The molecule has 5 fully saturated rings. The van der Waals surface area contributed by atoms with Gasteiger partial charge in [0.1, 0.15) is 23.2 Å². The average molecular weight is 859 g/mol. The molecule has 5 aliphatic rings. The smallest absolute Gasteiger partial charge is 0.328 e. The minimum Gasteiger partial charge on any atom is -0.507 e. The van der Waals surface area contributed by atoms with Crippen LogP contribution in [0.3, 0.4) is 0 Å². The summed E-state index contributed by atoms with van der Waals surface area (Å²) >= 11 is 0. The number of para-hydroxylation sites is 1. The van der Waals surface area contributed by atoms with Gasteiger partial charge in [-0.25, -0.2) is 18.6 Å². The lowest BCUT2D eigenvalue weighted by Crippen LogP contribution is -2.51. The number of piperidine rings is 3. The maximum Gasteiger partial charge on any atom is 0.328 e. The molecule has 4 N–H and O–H groups in total. The lowest BCUT2D eigenvalue weighted by atomic mass is 9.88. The lowest BCUT2D eigenvalue weighted by molar-refractivity contribution is -0.120. The number of likely N-dealkylation sites (tertiary alicyclic amines) is 2. The predicted molar refractivity (Wildman–Crippen MR) is 235 cm³/mol. The summed E-state index contributed by atoms with van der Waals surface area (Å²) < 4.78 is 34.0. The van der Waals surface area contributed by atoms with Gasteiger partial charge in [0, 0.05) is 106 Å². The van der Waals surface area contributed by atoms with E-state index in [0.717, 1.165) is 55.4 Å². The number of amides is 4. The van der Waals surface area contributed by atoms with Crippen molar-refractivity contribution in [3.05, 3.63) is 89.7 Å². The van der Waals surface area contributed by atoms with Crippen molar-refractivity contribution in [2.75, 3.05) is 67.9 Å². The van der Waals surface area contributed by atoms with Gasteiger partial charge in [0.25, 0.3) is 5.91 Å². The van der Waals surface area contributed by atoms with Gasteiger partial charge in [0.05, 0.1) is 23.3 Å². The van der Waals surface area contributed by atoms with Crippen LogP contribution in [0.15, 0.2) is 73.1 Å². The van der Waals surface area contributed by atoms with Crippen molar-refractivity contribution in [1.82, 2.24) is 34.9 Å². The molecule has 4 aliphatic heterocycles. The van der Waals surface area contributed by atoms with E-state index in [-0.39, 0.29) is 61.1 Å². The number of carbonyl (C=O) groups excluding carboxylic acids is 3. The first-order valence-electron chi connectivity index (χ1n) is 22.2. The van der Waals surface area contributed by atoms with E-state index < -0.39 is 17.9 Å². The van der Waals surface area contributed by atoms with Crippen LogP contribution in [0.25, 0.3) is 22.3 Å². The summed E-state index contributed by atoms with van der Waals surface area (Å²) in [4.78, 5) is 50.2. The number of alkyl halides is 2. The lowest BCUT2D eigenvalue weighted by Gasteiger charge is -2.41. The van der Waals surface area contributed by atoms with Crippen molar-refractivity contribution in [3.63, 3.8) is 0 Å². The number of imide groups is 1. The SMILES string of the molecule is Nc1nnc(-c2ccccc2O)cc1N1CC(F)C[C@H](c2ccc(C(=O)N3CCC(F)(CN4CCC(n5cc(C6CC6)c6cc(N7CCC(=O)NC7=O)cnc65)CC4)CC3)cc2)C1. The van der Waals surface area contributed by atoms with E-state index in [2.05, 4.69) is 31.2 Å². The maximum atomic E-state index is 16.5. The normalized spacial score (nSPS) is 22.4. The molecule has 4 saturated heterocycles. The maximum absolute atomic E-state index is 16.5. The number of rotatable bonds is 9. The van der Waals surface area contributed by atoms with Crippen molar-refractivity contribution < 1.29 is 28.3 Å². The minimum atomic E-state index is -1.39. The number of nitrogens with one attached hydrogen (secondary N) is 1. The first-order chi connectivity index (χ1) is 30.5. The number of anilines is 3. The Morgan fingerprint density at radius 1 is 0.921 bits per heavy atom. The highest BCUT2D eigenvalue weighted by Gasteiger charge is 2.39. The highest BCUT2D eigenvalue weighted by atomic mass is 19.1. The number of phenolic OH excluding ortho intramolecular Hbond substituents is 1. The summed E-state index contributed by atoms with van der Waals surface area (Å²) in [6.07, 6.45) is 7.96. The topological polar surface area (TPSA) is 166 Å². The molecule has 2 aromatic carbocycles. The fraction of sp³-hybridized carbons (Fsp3) is 0.447. The van der Waals surface area contributed by atoms with Gasteiger partial charge in [0.2, 0.25) is 5.91 Å². The number of pyridine rings is 1. The van der Waals surface area contributed by atoms with E-state index in [0.29, 0.717) is 73.3 Å². The molecular weight excluding hydrogens is 807 g/mol. The number of benzene rings is 2. The van der Waals surface area contributed by atoms with E-state index in [1.165, 1.54) is 5.56 Å². The zero-order valence-electron chi connectivity index (χ0n) is 35.1. The number of phenols is 1. The third-order valence-corrected chi connectivity index (χ3v) is 13.8. The number of hydrogen-bond acceptors (Lipinski definition) is 10. The summed E-state index contributed by atoms with van der Waals surface area (Å²) in [6, 6.07) is 17.8. The van der Waals surface area contributed by atoms with Crippen LogP contribution in [0, 0.1) is 0 Å². The van der Waals surface area contributed by atoms with Gasteiger partial charge < -0.3 is 30.1 Å². The molecular formula is C47H52F2N10O4. The molecule has 1 unspecified atom stereocenters. The van der Waals surface area contributed by atoms with Gasteiger partial charge >= 0.3 is 6.03 Å². The zero-order valence-corrected chi connectivity index (χ0v) is 35.1. The molecule has 0 bridgehead atoms. The molecule has 14 nitrogen and oxygen atoms in total. The van der Waals surface area contributed by atoms with E-state index in [4.69, 9.17) is 10.7 Å². The first-order valence-corrected chi connectivity index (χ1v) is 22.2. The number of carbonyl (C=O) groups is 3. The third kappa shape index (κ3) is 8.28. The van der Waals surface area contributed by atoms with Crippen LogP contribution in [-0.2, 0) is 4.79 Å². The standard InChI is InChI=1S/C47H52F2N10O4/c48-33-21-32(25-57(26-33)40-23-39(53-54-43(40)50)36-3-1-2-4-41(36)60)29-5-9-31(10-6-29)45(62)56-19-14-47(49,15-20-56)28-55-16-11-34(12-17-55)59-27-38(30-7-8-30)37-22-35(24-51-44(37)59)58-18-13-42(61)52-46(58)63/h1-6,9-10,22-24,27,30,32-34,60H,7-8,11-21,25-26,28H2,(H2,50,54)(H,52,61,63)/t32-,33?/m0/s1. The zero-order chi connectivity index (χ0) is 43.4. The van der Waals surface area contributed by atoms with Gasteiger partial charge in [-0.1, -0.05) is 24.3 Å². The van der Waals surface area contributed by atoms with Crippen LogP contribution in [-0.4, -0.2) is 117 Å². The van der Waals surface area contributed by atoms with E-state index >= 15 is 8.78 Å². The molecule has 5 aromatic rings. The summed E-state index contributed by atoms with van der Waals surface area (Å²) in [7, 11) is 0. The summed E-state index contributed by atoms with van der Waals surface area (Å²) in [5.41, 5.74) is 10.6. The van der Waals surface area contributed by atoms with Crippen molar-refractivity contribution in [1.29, 1.82) is 0 Å². The van der Waals surface area contributed by atoms with Crippen molar-refractivity contribution in [2.24, 2.45) is 0 Å². The van der Waals surface area contributed by atoms with E-state index in [1.807, 2.05) is 23.1 Å². The Balaban J connectivity index is 0.733. The Morgan fingerprint density at radius 3 is 2.41 bits per heavy atom. The van der Waals surface area contributed by atoms with Crippen LogP contribution >= 0.6 is 0 Å². The number of aromatic hydroxyl groups is 1. The molecule has 0 spiro atoms. The number of halogens is 2. The molecule has 328 valence electrons. The van der Waals surface area contributed by atoms with Crippen LogP contribution < -0.4 is 20.9 Å². The Morgan fingerprint density at radius 2 is 1.68 bits per heavy atom. The number of nitrogens with zero attached hydrogens (tertiary/aromatic N) is 8. The van der Waals surface area contributed by atoms with Gasteiger partial charge in [0.15, 0.2) is 5.82 Å². The number of urea groups is 1. The molecule has 1 aliphatic carbocycles. The second-order valence-electron chi connectivity index (χ2n) is 18.1. The van der Waals surface area contributed by atoms with Gasteiger partial charge in [-0.3, -0.25) is 19.8 Å². The summed E-state index contributed by atoms with van der Waals surface area (Å²) in [5.74, 6) is 0.160. The Labute approximate surface area is 364 Å². The first kappa shape index (κ1) is 40.9. The summed E-state index contributed by atoms with van der Waals surface area (Å²) in [5, 5.41) is 22.1. The fourth-order valence-electron chi connectivity index (χ4n) is 10.1. The number of nitrogens with two attached hydrogens (primary N) is 1.